The Hall–Kier alpha value is -2.06. The minimum atomic E-state index is -9.79. The number of fused-ring (bicyclic) bond motifs is 1. The predicted molar refractivity (Wildman–Crippen MR) is 124 cm³/mol. The van der Waals surface area contributed by atoms with E-state index < -0.39 is 31.5 Å². The summed E-state index contributed by atoms with van der Waals surface area (Å²) in [6.45, 7) is 1.03. The molecular formula is C21H26F5N5O2S2. The average Bonchev–Trinajstić information content (AvgIpc) is 3.16. The zero-order chi connectivity index (χ0) is 25.1. The average molecular weight is 540 g/mol. The molecule has 0 bridgehead atoms. The third-order valence-electron chi connectivity index (χ3n) is 7.07. The van der Waals surface area contributed by atoms with Crippen molar-refractivity contribution in [3.8, 4) is 0 Å². The van der Waals surface area contributed by atoms with Gasteiger partial charge in [0.25, 0.3) is 0 Å². The van der Waals surface area contributed by atoms with Crippen LogP contribution in [-0.4, -0.2) is 55.3 Å². The molecule has 4 heterocycles. The lowest BCUT2D eigenvalue weighted by Gasteiger charge is -2.42. The molecule has 0 radical (unpaired) electrons. The highest BCUT2D eigenvalue weighted by Crippen LogP contribution is 3.01. The SMILES string of the molecule is O=S1CCc2nc(N3CCC(c4ncc(S(F)(F)(F)(F)F)cn4)CC3)cc(NC3(CO)CCC3)c21. The van der Waals surface area contributed by atoms with Gasteiger partial charge in [-0.25, -0.2) is 15.0 Å². The molecule has 1 unspecified atom stereocenters. The normalized spacial score (nSPS) is 24.3. The summed E-state index contributed by atoms with van der Waals surface area (Å²) in [5.74, 6) is 1.06. The number of aliphatic hydroxyl groups excluding tert-OH is 1. The second-order valence-electron chi connectivity index (χ2n) is 9.53. The van der Waals surface area contributed by atoms with Gasteiger partial charge in [0.1, 0.15) is 16.5 Å². The lowest BCUT2D eigenvalue weighted by molar-refractivity contribution is 0.144. The van der Waals surface area contributed by atoms with Crippen LogP contribution in [0.25, 0.3) is 0 Å². The van der Waals surface area contributed by atoms with E-state index in [1.165, 1.54) is 0 Å². The van der Waals surface area contributed by atoms with Crippen molar-refractivity contribution < 1.29 is 28.7 Å². The largest absolute Gasteiger partial charge is 0.394 e. The van der Waals surface area contributed by atoms with Gasteiger partial charge < -0.3 is 15.3 Å². The highest BCUT2D eigenvalue weighted by Gasteiger charge is 2.66. The molecule has 2 aromatic heterocycles. The Kier molecular flexibility index (Phi) is 5.43. The fourth-order valence-electron chi connectivity index (χ4n) is 4.86. The van der Waals surface area contributed by atoms with E-state index in [0.29, 0.717) is 48.8 Å². The number of hydrogen-bond donors (Lipinski definition) is 2. The van der Waals surface area contributed by atoms with Gasteiger partial charge in [0.2, 0.25) is 0 Å². The van der Waals surface area contributed by atoms with E-state index in [1.54, 1.807) is 0 Å². The van der Waals surface area contributed by atoms with Gasteiger partial charge in [-0.1, -0.05) is 19.4 Å². The molecule has 2 fully saturated rings. The molecule has 1 saturated heterocycles. The summed E-state index contributed by atoms with van der Waals surface area (Å²) in [7, 11) is -10.9. The molecule has 5 rings (SSSR count). The fourth-order valence-corrected chi connectivity index (χ4v) is 6.71. The zero-order valence-corrected chi connectivity index (χ0v) is 20.4. The topological polar surface area (TPSA) is 91.2 Å². The maximum Gasteiger partial charge on any atom is 0.313 e. The Morgan fingerprint density at radius 1 is 1.14 bits per heavy atom. The molecule has 7 nitrogen and oxygen atoms in total. The van der Waals surface area contributed by atoms with Crippen LogP contribution < -0.4 is 10.2 Å². The van der Waals surface area contributed by atoms with Crippen molar-refractivity contribution in [3.05, 3.63) is 30.0 Å². The highest BCUT2D eigenvalue weighted by molar-refractivity contribution is 8.45. The third kappa shape index (κ3) is 4.84. The fraction of sp³-hybridized carbons (Fsp3) is 0.571. The minimum Gasteiger partial charge on any atom is -0.394 e. The van der Waals surface area contributed by atoms with Crippen molar-refractivity contribution in [3.63, 3.8) is 0 Å². The summed E-state index contributed by atoms with van der Waals surface area (Å²) in [6, 6.07) is 1.86. The number of nitrogens with zero attached hydrogens (tertiary/aromatic N) is 4. The summed E-state index contributed by atoms with van der Waals surface area (Å²) < 4.78 is 77.3. The van der Waals surface area contributed by atoms with E-state index in [2.05, 4.69) is 15.3 Å². The Bertz CT molecular complexity index is 1160. The quantitative estimate of drug-likeness (QED) is 0.505. The molecule has 35 heavy (non-hydrogen) atoms. The van der Waals surface area contributed by atoms with Crippen LogP contribution in [0.2, 0.25) is 0 Å². The van der Waals surface area contributed by atoms with Crippen molar-refractivity contribution >= 4 is 32.5 Å². The Morgan fingerprint density at radius 2 is 1.80 bits per heavy atom. The molecule has 2 aromatic rings. The van der Waals surface area contributed by atoms with Gasteiger partial charge in [-0.05, 0) is 32.1 Å². The molecule has 1 aliphatic carbocycles. The first-order valence-electron chi connectivity index (χ1n) is 11.4. The first-order valence-corrected chi connectivity index (χ1v) is 14.7. The maximum absolute atomic E-state index is 12.9. The highest BCUT2D eigenvalue weighted by atomic mass is 32.5. The molecule has 2 aliphatic heterocycles. The van der Waals surface area contributed by atoms with Crippen molar-refractivity contribution in [1.82, 2.24) is 15.0 Å². The van der Waals surface area contributed by atoms with Crippen LogP contribution in [0.5, 0.6) is 0 Å². The van der Waals surface area contributed by atoms with Gasteiger partial charge in [-0.15, -0.1) is 0 Å². The Labute approximate surface area is 201 Å². The third-order valence-corrected chi connectivity index (χ3v) is 9.66. The number of hydrogen-bond acceptors (Lipinski definition) is 7. The smallest absolute Gasteiger partial charge is 0.313 e. The number of pyridine rings is 1. The van der Waals surface area contributed by atoms with E-state index in [1.807, 2.05) is 11.0 Å². The van der Waals surface area contributed by atoms with E-state index >= 15 is 0 Å². The molecule has 0 spiro atoms. The van der Waals surface area contributed by atoms with E-state index in [9.17, 15) is 28.7 Å². The number of anilines is 2. The van der Waals surface area contributed by atoms with E-state index in [0.717, 1.165) is 30.6 Å². The summed E-state index contributed by atoms with van der Waals surface area (Å²) in [5.41, 5.74) is 1.09. The molecule has 3 aliphatic rings. The van der Waals surface area contributed by atoms with Crippen molar-refractivity contribution in [2.45, 2.75) is 59.8 Å². The number of aryl methyl sites for hydroxylation is 1. The summed E-state index contributed by atoms with van der Waals surface area (Å²) in [5, 5.41) is 13.3. The predicted octanol–water partition coefficient (Wildman–Crippen LogP) is 4.90. The number of rotatable bonds is 6. The molecule has 14 heteroatoms. The van der Waals surface area contributed by atoms with Crippen LogP contribution in [0.3, 0.4) is 0 Å². The van der Waals surface area contributed by atoms with Gasteiger partial charge in [-0.3, -0.25) is 4.21 Å². The lowest BCUT2D eigenvalue weighted by Crippen LogP contribution is -2.48. The molecular weight excluding hydrogens is 513 g/mol. The van der Waals surface area contributed by atoms with Crippen LogP contribution in [-0.2, 0) is 17.2 Å². The number of nitrogens with one attached hydrogen (secondary N) is 1. The summed E-state index contributed by atoms with van der Waals surface area (Å²) in [4.78, 5) is 12.6. The zero-order valence-electron chi connectivity index (χ0n) is 18.7. The van der Waals surface area contributed by atoms with Gasteiger partial charge in [0.15, 0.2) is 0 Å². The number of piperidine rings is 1. The van der Waals surface area contributed by atoms with Crippen molar-refractivity contribution in [2.24, 2.45) is 0 Å². The van der Waals surface area contributed by atoms with Gasteiger partial charge in [0, 0.05) is 37.2 Å². The van der Waals surface area contributed by atoms with Crippen LogP contribution in [0.1, 0.15) is 49.5 Å². The first kappa shape index (κ1) is 24.6. The molecule has 194 valence electrons. The minimum absolute atomic E-state index is 0.0156. The summed E-state index contributed by atoms with van der Waals surface area (Å²) >= 11 is 0. The number of aliphatic hydroxyl groups is 1. The van der Waals surface area contributed by atoms with Crippen LogP contribution in [0.4, 0.5) is 30.9 Å². The second kappa shape index (κ2) is 7.72. The van der Waals surface area contributed by atoms with E-state index in [4.69, 9.17) is 4.98 Å². The maximum atomic E-state index is 12.9. The monoisotopic (exact) mass is 539 g/mol. The van der Waals surface area contributed by atoms with Crippen LogP contribution in [0, 0.1) is 0 Å². The van der Waals surface area contributed by atoms with E-state index in [-0.39, 0.29) is 30.7 Å². The van der Waals surface area contributed by atoms with Gasteiger partial charge in [0.05, 0.1) is 51.6 Å². The molecule has 1 saturated carbocycles. The summed E-state index contributed by atoms with van der Waals surface area (Å²) in [6.07, 6.45) is 4.65. The van der Waals surface area contributed by atoms with Crippen molar-refractivity contribution in [2.75, 3.05) is 35.7 Å². The molecule has 1 atom stereocenters. The number of aromatic nitrogens is 3. The van der Waals surface area contributed by atoms with Crippen LogP contribution in [0.15, 0.2) is 28.3 Å². The second-order valence-corrected chi connectivity index (χ2v) is 13.4. The Balaban J connectivity index is 1.32. The van der Waals surface area contributed by atoms with Gasteiger partial charge >= 0.3 is 10.2 Å². The number of halogens is 5. The lowest BCUT2D eigenvalue weighted by atomic mass is 9.77. The molecule has 0 amide bonds. The van der Waals surface area contributed by atoms with Crippen LogP contribution >= 0.6 is 10.2 Å². The Morgan fingerprint density at radius 3 is 2.34 bits per heavy atom. The first-order chi connectivity index (χ1) is 16.3. The molecule has 0 aromatic carbocycles. The standard InChI is InChI=1S/C21H26F5N5O2S2/c22-35(23,24,25,26)15-11-27-20(28-12-15)14-2-7-31(8-3-14)18-10-17(30-21(13-32)5-1-6-21)19-16(29-18)4-9-34(19)33/h10-12,14,32H,1-9,13H2,(H,29,30). The van der Waals surface area contributed by atoms with Gasteiger partial charge in [-0.2, -0.15) is 0 Å². The molecule has 2 N–H and O–H groups in total. The van der Waals surface area contributed by atoms with Crippen molar-refractivity contribution in [1.29, 1.82) is 0 Å².